The van der Waals surface area contributed by atoms with E-state index in [9.17, 15) is 13.2 Å². The van der Waals surface area contributed by atoms with E-state index < -0.39 is 10.0 Å². The van der Waals surface area contributed by atoms with Gasteiger partial charge in [-0.3, -0.25) is 4.79 Å². The van der Waals surface area contributed by atoms with Crippen LogP contribution in [-0.2, 0) is 21.4 Å². The minimum absolute atomic E-state index is 0.0131. The monoisotopic (exact) mass is 388 g/mol. The van der Waals surface area contributed by atoms with Crippen molar-refractivity contribution in [2.75, 3.05) is 5.32 Å². The van der Waals surface area contributed by atoms with E-state index in [2.05, 4.69) is 10.0 Å². The van der Waals surface area contributed by atoms with Gasteiger partial charge in [-0.05, 0) is 73.4 Å². The molecule has 0 saturated heterocycles. The Morgan fingerprint density at radius 2 is 1.93 bits per heavy atom. The van der Waals surface area contributed by atoms with E-state index in [1.54, 1.807) is 24.3 Å². The van der Waals surface area contributed by atoms with Gasteiger partial charge in [0.25, 0.3) is 0 Å². The third-order valence-electron chi connectivity index (χ3n) is 5.80. The second-order valence-corrected chi connectivity index (χ2v) is 9.38. The normalized spacial score (nSPS) is 24.2. The van der Waals surface area contributed by atoms with Gasteiger partial charge in [-0.25, -0.2) is 13.1 Å². The third-order valence-corrected chi connectivity index (χ3v) is 7.21. The molecule has 6 nitrogen and oxygen atoms in total. The van der Waals surface area contributed by atoms with Gasteiger partial charge in [0.2, 0.25) is 15.9 Å². The van der Waals surface area contributed by atoms with Crippen LogP contribution in [0.5, 0.6) is 0 Å². The lowest BCUT2D eigenvalue weighted by molar-refractivity contribution is -0.117. The SMILES string of the molecule is O=C(C[C@@H]1C[C@@H]2CC[C@@H]1C2)Nc1ccc(S(=O)(=O)NCc2ccco2)cc1. The first-order chi connectivity index (χ1) is 13.0. The molecule has 3 atom stereocenters. The summed E-state index contributed by atoms with van der Waals surface area (Å²) in [5, 5.41) is 2.89. The molecule has 27 heavy (non-hydrogen) atoms. The predicted molar refractivity (Wildman–Crippen MR) is 101 cm³/mol. The first-order valence-electron chi connectivity index (χ1n) is 9.41. The topological polar surface area (TPSA) is 88.4 Å². The maximum Gasteiger partial charge on any atom is 0.240 e. The Morgan fingerprint density at radius 1 is 1.11 bits per heavy atom. The molecule has 2 aliphatic carbocycles. The molecule has 0 unspecified atom stereocenters. The molecule has 4 rings (SSSR count). The molecule has 7 heteroatoms. The summed E-state index contributed by atoms with van der Waals surface area (Å²) in [6.45, 7) is 0.0946. The molecule has 144 valence electrons. The zero-order valence-corrected chi connectivity index (χ0v) is 15.9. The molecule has 2 fully saturated rings. The van der Waals surface area contributed by atoms with E-state index in [0.29, 0.717) is 29.7 Å². The van der Waals surface area contributed by atoms with Crippen LogP contribution in [0, 0.1) is 17.8 Å². The van der Waals surface area contributed by atoms with Gasteiger partial charge in [0.15, 0.2) is 0 Å². The van der Waals surface area contributed by atoms with Crippen molar-refractivity contribution < 1.29 is 17.6 Å². The lowest BCUT2D eigenvalue weighted by Gasteiger charge is -2.20. The van der Waals surface area contributed by atoms with Gasteiger partial charge < -0.3 is 9.73 Å². The van der Waals surface area contributed by atoms with Crippen molar-refractivity contribution >= 4 is 21.6 Å². The summed E-state index contributed by atoms with van der Waals surface area (Å²) in [6, 6.07) is 9.66. The molecule has 0 spiro atoms. The van der Waals surface area contributed by atoms with Crippen LogP contribution >= 0.6 is 0 Å². The Labute approximate surface area is 159 Å². The number of rotatable bonds is 7. The number of carbonyl (C=O) groups is 1. The number of amides is 1. The molecule has 0 aliphatic heterocycles. The molecule has 2 saturated carbocycles. The summed E-state index contributed by atoms with van der Waals surface area (Å²) in [4.78, 5) is 12.5. The number of hydrogen-bond donors (Lipinski definition) is 2. The molecular weight excluding hydrogens is 364 g/mol. The highest BCUT2D eigenvalue weighted by molar-refractivity contribution is 7.89. The molecule has 1 amide bonds. The van der Waals surface area contributed by atoms with E-state index >= 15 is 0 Å². The summed E-state index contributed by atoms with van der Waals surface area (Å²) in [5.41, 5.74) is 0.619. The van der Waals surface area contributed by atoms with Gasteiger partial charge in [-0.1, -0.05) is 6.42 Å². The minimum Gasteiger partial charge on any atom is -0.468 e. The Balaban J connectivity index is 1.32. The smallest absolute Gasteiger partial charge is 0.240 e. The third kappa shape index (κ3) is 4.25. The Morgan fingerprint density at radius 3 is 2.56 bits per heavy atom. The van der Waals surface area contributed by atoms with Crippen LogP contribution in [0.2, 0.25) is 0 Å². The molecule has 1 aromatic carbocycles. The zero-order chi connectivity index (χ0) is 18.9. The second kappa shape index (κ2) is 7.48. The molecule has 0 radical (unpaired) electrons. The van der Waals surface area contributed by atoms with Crippen LogP contribution in [0.15, 0.2) is 52.0 Å². The van der Waals surface area contributed by atoms with Crippen LogP contribution in [0.25, 0.3) is 0 Å². The van der Waals surface area contributed by atoms with Crippen LogP contribution in [0.4, 0.5) is 5.69 Å². The largest absolute Gasteiger partial charge is 0.468 e. The van der Waals surface area contributed by atoms with E-state index in [-0.39, 0.29) is 17.3 Å². The number of benzene rings is 1. The lowest BCUT2D eigenvalue weighted by atomic mass is 9.86. The maximum atomic E-state index is 12.3. The number of furan rings is 1. The fourth-order valence-electron chi connectivity index (χ4n) is 4.46. The van der Waals surface area contributed by atoms with Crippen LogP contribution in [-0.4, -0.2) is 14.3 Å². The van der Waals surface area contributed by atoms with Gasteiger partial charge in [0, 0.05) is 12.1 Å². The average molecular weight is 388 g/mol. The van der Waals surface area contributed by atoms with Crippen molar-refractivity contribution in [3.8, 4) is 0 Å². The first kappa shape index (κ1) is 18.3. The minimum atomic E-state index is -3.63. The highest BCUT2D eigenvalue weighted by atomic mass is 32.2. The number of hydrogen-bond acceptors (Lipinski definition) is 4. The Hall–Kier alpha value is -2.12. The fourth-order valence-corrected chi connectivity index (χ4v) is 5.45. The fraction of sp³-hybridized carbons (Fsp3) is 0.450. The van der Waals surface area contributed by atoms with Crippen molar-refractivity contribution in [2.24, 2.45) is 17.8 Å². The quantitative estimate of drug-likeness (QED) is 0.759. The van der Waals surface area contributed by atoms with Crippen LogP contribution < -0.4 is 10.0 Å². The number of fused-ring (bicyclic) bond motifs is 2. The number of nitrogens with one attached hydrogen (secondary N) is 2. The highest BCUT2D eigenvalue weighted by Crippen LogP contribution is 2.49. The summed E-state index contributed by atoms with van der Waals surface area (Å²) in [7, 11) is -3.63. The van der Waals surface area contributed by atoms with Gasteiger partial charge >= 0.3 is 0 Å². The molecule has 2 N–H and O–H groups in total. The Bertz CT molecular complexity index is 891. The van der Waals surface area contributed by atoms with Crippen LogP contribution in [0.1, 0.15) is 37.9 Å². The molecule has 1 aromatic heterocycles. The zero-order valence-electron chi connectivity index (χ0n) is 15.1. The summed E-state index contributed by atoms with van der Waals surface area (Å²) in [6.07, 6.45) is 7.11. The van der Waals surface area contributed by atoms with Crippen molar-refractivity contribution in [3.63, 3.8) is 0 Å². The number of carbonyl (C=O) groups excluding carboxylic acids is 1. The van der Waals surface area contributed by atoms with Crippen molar-refractivity contribution in [1.82, 2.24) is 4.72 Å². The molecule has 2 aromatic rings. The first-order valence-corrected chi connectivity index (χ1v) is 10.9. The molecule has 2 bridgehead atoms. The maximum absolute atomic E-state index is 12.3. The van der Waals surface area contributed by atoms with E-state index in [1.807, 2.05) is 0 Å². The summed E-state index contributed by atoms with van der Waals surface area (Å²) in [5.74, 6) is 2.61. The number of sulfonamides is 1. The number of anilines is 1. The van der Waals surface area contributed by atoms with Crippen molar-refractivity contribution in [1.29, 1.82) is 0 Å². The Kier molecular flexibility index (Phi) is 5.06. The molecule has 2 aliphatic rings. The van der Waals surface area contributed by atoms with Gasteiger partial charge in [-0.15, -0.1) is 0 Å². The van der Waals surface area contributed by atoms with Gasteiger partial charge in [0.1, 0.15) is 5.76 Å². The van der Waals surface area contributed by atoms with Crippen LogP contribution in [0.3, 0.4) is 0 Å². The summed E-state index contributed by atoms with van der Waals surface area (Å²) >= 11 is 0. The van der Waals surface area contributed by atoms with E-state index in [4.69, 9.17) is 4.42 Å². The standard InChI is InChI=1S/C20H24N2O4S/c23-20(12-16-11-14-3-4-15(16)10-14)22-17-5-7-19(8-6-17)27(24,25)21-13-18-2-1-9-26-18/h1-2,5-9,14-16,21H,3-4,10-13H2,(H,22,23)/t14-,15-,16+/m1/s1. The van der Waals surface area contributed by atoms with E-state index in [0.717, 1.165) is 5.92 Å². The van der Waals surface area contributed by atoms with Crippen molar-refractivity contribution in [3.05, 3.63) is 48.4 Å². The molecule has 1 heterocycles. The molecular formula is C20H24N2O4S. The van der Waals surface area contributed by atoms with Gasteiger partial charge in [-0.2, -0.15) is 0 Å². The lowest BCUT2D eigenvalue weighted by Crippen LogP contribution is -2.23. The summed E-state index contributed by atoms with van der Waals surface area (Å²) < 4.78 is 32.3. The van der Waals surface area contributed by atoms with E-state index in [1.165, 1.54) is 44.1 Å². The van der Waals surface area contributed by atoms with Crippen molar-refractivity contribution in [2.45, 2.75) is 43.5 Å². The second-order valence-electron chi connectivity index (χ2n) is 7.62. The highest BCUT2D eigenvalue weighted by Gasteiger charge is 2.40. The average Bonchev–Trinajstić information content (AvgIpc) is 3.39. The predicted octanol–water partition coefficient (Wildman–Crippen LogP) is 3.52. The van der Waals surface area contributed by atoms with Gasteiger partial charge in [0.05, 0.1) is 17.7 Å².